The van der Waals surface area contributed by atoms with E-state index in [-0.39, 0.29) is 89.6 Å². The summed E-state index contributed by atoms with van der Waals surface area (Å²) in [6.45, 7) is 7.24. The number of nitrogens with one attached hydrogen (secondary N) is 13. The summed E-state index contributed by atoms with van der Waals surface area (Å²) in [5, 5.41) is 61.2. The van der Waals surface area contributed by atoms with Crippen molar-refractivity contribution in [2.24, 2.45) is 40.5 Å². The van der Waals surface area contributed by atoms with Crippen molar-refractivity contribution >= 4 is 98.6 Å². The van der Waals surface area contributed by atoms with Crippen molar-refractivity contribution in [1.82, 2.24) is 68.5 Å². The summed E-state index contributed by atoms with van der Waals surface area (Å²) in [6.07, 6.45) is 4.17. The fourth-order valence-corrected chi connectivity index (χ4v) is 12.0. The van der Waals surface area contributed by atoms with Crippen LogP contribution in [0.2, 0.25) is 0 Å². The third-order valence-electron chi connectivity index (χ3n) is 18.3. The molecule has 592 valence electrons. The highest BCUT2D eigenvalue weighted by atomic mass is 16.3. The van der Waals surface area contributed by atoms with Crippen LogP contribution in [0.3, 0.4) is 0 Å². The minimum Gasteiger partial charge on any atom is -0.508 e. The number of aromatic hydroxyl groups is 1. The molecule has 0 aliphatic heterocycles. The number of nitrogens with two attached hydrogens (primary N) is 5. The number of benzene rings is 3. The van der Waals surface area contributed by atoms with Gasteiger partial charge in [-0.2, -0.15) is 0 Å². The Morgan fingerprint density at radius 1 is 0.444 bits per heavy atom. The second-order valence-corrected chi connectivity index (χ2v) is 27.5. The Kier molecular flexibility index (Phi) is 36.9. The number of aromatic amines is 2. The van der Waals surface area contributed by atoms with E-state index in [4.69, 9.17) is 28.7 Å². The van der Waals surface area contributed by atoms with Crippen molar-refractivity contribution in [3.05, 3.63) is 102 Å². The molecule has 3 aromatic carbocycles. The maximum atomic E-state index is 14.9. The quantitative estimate of drug-likeness (QED) is 0.0186. The molecule has 0 fully saturated rings. The van der Waals surface area contributed by atoms with E-state index in [1.807, 2.05) is 0 Å². The normalized spacial score (nSPS) is 14.7. The van der Waals surface area contributed by atoms with E-state index < -0.39 is 169 Å². The number of carbonyl (C=O) groups is 13. The van der Waals surface area contributed by atoms with Crippen molar-refractivity contribution in [2.75, 3.05) is 32.8 Å². The van der Waals surface area contributed by atoms with E-state index in [0.29, 0.717) is 57.3 Å². The zero-order chi connectivity index (χ0) is 79.6. The van der Waals surface area contributed by atoms with Crippen LogP contribution < -0.4 is 87.2 Å². The number of aliphatic hydroxyl groups excluding tert-OH is 2. The summed E-state index contributed by atoms with van der Waals surface area (Å²) in [5.74, 6) is -12.0. The second kappa shape index (κ2) is 45.2. The monoisotopic (exact) mass is 1510 g/mol. The number of H-pyrrole nitrogens is 2. The van der Waals surface area contributed by atoms with Crippen LogP contribution in [0.4, 0.5) is 0 Å². The Morgan fingerprint density at radius 3 is 1.34 bits per heavy atom. The highest BCUT2D eigenvalue weighted by Gasteiger charge is 2.38. The first kappa shape index (κ1) is 88.1. The van der Waals surface area contributed by atoms with E-state index in [2.05, 4.69) is 82.3 Å². The van der Waals surface area contributed by atoms with E-state index in [1.54, 1.807) is 74.8 Å². The lowest BCUT2D eigenvalue weighted by Crippen LogP contribution is -2.62. The minimum absolute atomic E-state index is 0.0379. The van der Waals surface area contributed by atoms with E-state index in [0.717, 1.165) is 19.3 Å². The van der Waals surface area contributed by atoms with Gasteiger partial charge in [0.25, 0.3) is 0 Å². The molecule has 0 bridgehead atoms. The molecule has 0 saturated carbocycles. The van der Waals surface area contributed by atoms with Crippen molar-refractivity contribution in [3.8, 4) is 5.75 Å². The highest BCUT2D eigenvalue weighted by molar-refractivity contribution is 6.00. The predicted molar refractivity (Wildman–Crippen MR) is 402 cm³/mol. The van der Waals surface area contributed by atoms with Crippen LogP contribution in [0.25, 0.3) is 21.8 Å². The molecule has 34 nitrogen and oxygen atoms in total. The molecular formula is C74H110N18O16. The van der Waals surface area contributed by atoms with Gasteiger partial charge in [0.15, 0.2) is 0 Å². The number of para-hydroxylation sites is 2. The topological polar surface area (TPSA) is 577 Å². The van der Waals surface area contributed by atoms with Crippen LogP contribution in [0, 0.1) is 11.8 Å². The van der Waals surface area contributed by atoms with Gasteiger partial charge in [-0.25, -0.2) is 0 Å². The smallest absolute Gasteiger partial charge is 0.245 e. The lowest BCUT2D eigenvalue weighted by Gasteiger charge is -2.29. The summed E-state index contributed by atoms with van der Waals surface area (Å²) >= 11 is 0. The van der Waals surface area contributed by atoms with Crippen LogP contribution in [0.5, 0.6) is 5.75 Å². The summed E-state index contributed by atoms with van der Waals surface area (Å²) in [6, 6.07) is 5.09. The molecule has 5 rings (SSSR count). The largest absolute Gasteiger partial charge is 0.508 e. The molecule has 13 amide bonds. The van der Waals surface area contributed by atoms with Gasteiger partial charge in [-0.1, -0.05) is 102 Å². The Balaban J connectivity index is 1.35. The molecular weight excluding hydrogens is 1400 g/mol. The Morgan fingerprint density at radius 2 is 0.870 bits per heavy atom. The first-order valence-electron chi connectivity index (χ1n) is 36.6. The van der Waals surface area contributed by atoms with Gasteiger partial charge < -0.3 is 112 Å². The Labute approximate surface area is 627 Å². The predicted octanol–water partition coefficient (Wildman–Crippen LogP) is -2.05. The number of phenolic OH excluding ortho intramolecular Hbond substituents is 1. The van der Waals surface area contributed by atoms with E-state index >= 15 is 0 Å². The number of phenols is 1. The summed E-state index contributed by atoms with van der Waals surface area (Å²) in [7, 11) is 0. The van der Waals surface area contributed by atoms with Crippen molar-refractivity contribution in [2.45, 2.75) is 204 Å². The maximum absolute atomic E-state index is 14.9. The number of hydrogen-bond donors (Lipinski definition) is 21. The fourth-order valence-electron chi connectivity index (χ4n) is 12.0. The molecule has 0 aliphatic carbocycles. The SMILES string of the molecule is CC[C@H](C)[C@H](NC(=O)[C@@H](NC(=O)[C@H](Cc1c[nH]c2ccccc12)NC(=O)[C@@H](CCCN)NC(=O)CNC(=O)[C@H](CCCN)NC(=O)[C@@H](CCCN)NC(=O)[C@@H](Cc1c[nH]c2ccccc12)NC(=O)[C@@H](Cc1ccc(O)cc1)NC(=O)[C@@H](CO)NC(=O)CCCCCC(C)C)[C@@H](C)O)C(=O)N[C@@H](CC(N)=O)C(N)=O. The Bertz CT molecular complexity index is 3830. The van der Waals surface area contributed by atoms with Crippen LogP contribution in [0.15, 0.2) is 85.2 Å². The molecule has 108 heavy (non-hydrogen) atoms. The molecule has 5 aromatic rings. The van der Waals surface area contributed by atoms with Crippen LogP contribution in [0.1, 0.15) is 135 Å². The lowest BCUT2D eigenvalue weighted by molar-refractivity contribution is -0.137. The number of aromatic nitrogens is 2. The molecule has 2 aromatic heterocycles. The lowest BCUT2D eigenvalue weighted by atomic mass is 9.96. The van der Waals surface area contributed by atoms with Crippen molar-refractivity contribution in [1.29, 1.82) is 0 Å². The third-order valence-corrected chi connectivity index (χ3v) is 18.3. The van der Waals surface area contributed by atoms with Gasteiger partial charge in [-0.05, 0) is 124 Å². The number of carbonyl (C=O) groups excluding carboxylic acids is 13. The van der Waals surface area contributed by atoms with Crippen LogP contribution in [-0.4, -0.2) is 201 Å². The summed E-state index contributed by atoms with van der Waals surface area (Å²) in [4.78, 5) is 186. The number of unbranched alkanes of at least 4 members (excludes halogenated alkanes) is 2. The second-order valence-electron chi connectivity index (χ2n) is 27.5. The van der Waals surface area contributed by atoms with Gasteiger partial charge in [0.1, 0.15) is 66.2 Å². The Hall–Kier alpha value is -10.5. The molecule has 2 heterocycles. The molecule has 0 saturated heterocycles. The molecule has 26 N–H and O–H groups in total. The molecule has 0 unspecified atom stereocenters. The standard InChI is InChI=1S/C74H110N18O16/c1-6-42(4)63(73(107)87-55(65(79)99)36-60(78)96)91-74(108)64(43(5)94)92-71(105)58(35-46-38-81-51-21-13-11-19-49(46)51)89-67(101)53(23-15-31-76)83-62(98)39-82-66(100)52(22-14-30-75)85-68(102)54(24-16-32-77)86-70(104)57(34-45-37-80-50-20-12-10-18-48(45)50)90-69(103)56(33-44-26-28-47(95)29-27-44)88-72(106)59(40-93)84-61(97)25-9-7-8-17-41(2)3/h10-13,18-21,26-29,37-38,41-43,52-59,63-64,80-81,93-95H,6-9,14-17,22-25,30-36,39-40,75-77H2,1-5H3,(H2,78,96)(H2,79,99)(H,82,100)(H,83,98)(H,84,97)(H,85,102)(H,86,104)(H,87,107)(H,88,106)(H,89,101)(H,90,103)(H,91,108)(H,92,105)/t42-,43+,52-,53+,54+,55-,56+,57+,58-,59+,63-,64-/m0/s1. The van der Waals surface area contributed by atoms with Gasteiger partial charge in [0.05, 0.1) is 25.7 Å². The summed E-state index contributed by atoms with van der Waals surface area (Å²) < 4.78 is 0. The number of fused-ring (bicyclic) bond motifs is 2. The zero-order valence-electron chi connectivity index (χ0n) is 62.0. The third kappa shape index (κ3) is 28.6. The van der Waals surface area contributed by atoms with Gasteiger partial charge >= 0.3 is 0 Å². The van der Waals surface area contributed by atoms with E-state index in [9.17, 15) is 77.6 Å². The van der Waals surface area contributed by atoms with Crippen molar-refractivity contribution < 1.29 is 77.6 Å². The maximum Gasteiger partial charge on any atom is 0.245 e. The number of aliphatic hydroxyl groups is 2. The molecule has 0 radical (unpaired) electrons. The average molecular weight is 1510 g/mol. The number of hydrogen-bond acceptors (Lipinski definition) is 19. The first-order valence-corrected chi connectivity index (χ1v) is 36.6. The molecule has 0 aliphatic rings. The van der Waals surface area contributed by atoms with Crippen molar-refractivity contribution in [3.63, 3.8) is 0 Å². The number of primary amides is 2. The van der Waals surface area contributed by atoms with Crippen LogP contribution in [-0.2, 0) is 81.6 Å². The van der Waals surface area contributed by atoms with Gasteiger partial charge in [0, 0.05) is 59.9 Å². The number of amides is 13. The highest BCUT2D eigenvalue weighted by Crippen LogP contribution is 2.23. The first-order chi connectivity index (χ1) is 51.5. The molecule has 0 spiro atoms. The van der Waals surface area contributed by atoms with Gasteiger partial charge in [-0.15, -0.1) is 0 Å². The minimum atomic E-state index is -1.78. The number of rotatable bonds is 49. The van der Waals surface area contributed by atoms with Crippen LogP contribution >= 0.6 is 0 Å². The van der Waals surface area contributed by atoms with E-state index in [1.165, 1.54) is 31.2 Å². The fraction of sp³-hybridized carbons (Fsp3) is 0.527. The summed E-state index contributed by atoms with van der Waals surface area (Å²) in [5.41, 5.74) is 31.3. The van der Waals surface area contributed by atoms with Gasteiger partial charge in [-0.3, -0.25) is 62.3 Å². The zero-order valence-corrected chi connectivity index (χ0v) is 62.0. The molecule has 34 heteroatoms. The molecule has 12 atom stereocenters. The van der Waals surface area contributed by atoms with Gasteiger partial charge in [0.2, 0.25) is 76.8 Å². The average Bonchev–Trinajstić information content (AvgIpc) is 1.65.